The highest BCUT2D eigenvalue weighted by Gasteiger charge is 2.25. The number of hydrogen-bond acceptors (Lipinski definition) is 6. The fourth-order valence-corrected chi connectivity index (χ4v) is 5.06. The van der Waals surface area contributed by atoms with Crippen LogP contribution in [-0.4, -0.2) is 57.7 Å². The number of esters is 1. The Labute approximate surface area is 252 Å². The molecule has 3 aromatic carbocycles. The maximum atomic E-state index is 13.6. The molecule has 43 heavy (non-hydrogen) atoms. The van der Waals surface area contributed by atoms with E-state index in [1.807, 2.05) is 36.4 Å². The maximum absolute atomic E-state index is 13.6. The minimum Gasteiger partial charge on any atom is -0.482 e. The van der Waals surface area contributed by atoms with Gasteiger partial charge in [-0.1, -0.05) is 55.7 Å². The van der Waals surface area contributed by atoms with Crippen LogP contribution in [0.4, 0.5) is 21.9 Å². The summed E-state index contributed by atoms with van der Waals surface area (Å²) in [7, 11) is 2.97. The van der Waals surface area contributed by atoms with Gasteiger partial charge in [0.1, 0.15) is 5.75 Å². The molecule has 0 saturated heterocycles. The second kappa shape index (κ2) is 15.4. The van der Waals surface area contributed by atoms with E-state index < -0.39 is 12.0 Å². The smallest absolute Gasteiger partial charge is 0.337 e. The molecule has 1 aliphatic carbocycles. The molecule has 10 nitrogen and oxygen atoms in total. The quantitative estimate of drug-likeness (QED) is 0.297. The van der Waals surface area contributed by atoms with Gasteiger partial charge in [-0.05, 0) is 61.2 Å². The molecule has 0 bridgehead atoms. The summed E-state index contributed by atoms with van der Waals surface area (Å²) >= 11 is 0. The van der Waals surface area contributed by atoms with Crippen molar-refractivity contribution >= 4 is 40.9 Å². The van der Waals surface area contributed by atoms with E-state index >= 15 is 0 Å². The third-order valence-electron chi connectivity index (χ3n) is 7.43. The number of nitrogens with one attached hydrogen (secondary N) is 2. The first kappa shape index (κ1) is 31.1. The Balaban J connectivity index is 1.45. The standard InChI is InChI=1S/C33H38N4O6/c1-36(27-16-7-4-8-17-27)31(39)23-43-29-19-10-9-18-28(29)37(22-24-12-5-3-6-13-24)30(38)21-34-33(41)35-26-15-11-14-25(20-26)32(40)42-2/h4,7-11,14-20,24H,3,5-6,12-13,21-23H2,1-2H3,(H2,34,35,41). The Morgan fingerprint density at radius 3 is 2.33 bits per heavy atom. The zero-order chi connectivity index (χ0) is 30.6. The van der Waals surface area contributed by atoms with Crippen LogP contribution in [0, 0.1) is 5.92 Å². The summed E-state index contributed by atoms with van der Waals surface area (Å²) in [5.41, 5.74) is 1.97. The molecule has 226 valence electrons. The van der Waals surface area contributed by atoms with Crippen molar-refractivity contribution in [2.75, 3.05) is 49.0 Å². The molecule has 4 amide bonds. The Bertz CT molecular complexity index is 1410. The van der Waals surface area contributed by atoms with Crippen LogP contribution >= 0.6 is 0 Å². The first-order valence-electron chi connectivity index (χ1n) is 14.4. The number of urea groups is 1. The third kappa shape index (κ3) is 8.81. The fraction of sp³-hybridized carbons (Fsp3) is 0.333. The van der Waals surface area contributed by atoms with Crippen LogP contribution in [0.2, 0.25) is 0 Å². The first-order chi connectivity index (χ1) is 20.9. The maximum Gasteiger partial charge on any atom is 0.337 e. The van der Waals surface area contributed by atoms with E-state index in [0.29, 0.717) is 35.2 Å². The number of carbonyl (C=O) groups excluding carboxylic acids is 4. The highest BCUT2D eigenvalue weighted by molar-refractivity contribution is 6.00. The molecule has 0 radical (unpaired) electrons. The minimum absolute atomic E-state index is 0.209. The van der Waals surface area contributed by atoms with Gasteiger partial charge in [0.2, 0.25) is 5.91 Å². The number of para-hydroxylation sites is 3. The molecule has 0 aliphatic heterocycles. The molecule has 10 heteroatoms. The number of benzene rings is 3. The van der Waals surface area contributed by atoms with Crippen molar-refractivity contribution in [3.05, 3.63) is 84.4 Å². The van der Waals surface area contributed by atoms with Gasteiger partial charge in [0.05, 0.1) is 24.9 Å². The van der Waals surface area contributed by atoms with Crippen molar-refractivity contribution in [2.24, 2.45) is 5.92 Å². The SMILES string of the molecule is COC(=O)c1cccc(NC(=O)NCC(=O)N(CC2CCCCC2)c2ccccc2OCC(=O)N(C)c2ccccc2)c1. The second-order valence-electron chi connectivity index (χ2n) is 10.4. The average Bonchev–Trinajstić information content (AvgIpc) is 3.05. The molecule has 2 N–H and O–H groups in total. The normalized spacial score (nSPS) is 13.0. The molecule has 0 aromatic heterocycles. The zero-order valence-corrected chi connectivity index (χ0v) is 24.6. The second-order valence-corrected chi connectivity index (χ2v) is 10.4. The van der Waals surface area contributed by atoms with E-state index in [4.69, 9.17) is 9.47 Å². The topological polar surface area (TPSA) is 117 Å². The molecule has 0 atom stereocenters. The number of nitrogens with zero attached hydrogens (tertiary/aromatic N) is 2. The van der Waals surface area contributed by atoms with Crippen LogP contribution in [0.15, 0.2) is 78.9 Å². The van der Waals surface area contributed by atoms with E-state index in [1.54, 1.807) is 48.3 Å². The lowest BCUT2D eigenvalue weighted by molar-refractivity contribution is -0.120. The van der Waals surface area contributed by atoms with E-state index in [-0.39, 0.29) is 25.0 Å². The minimum atomic E-state index is -0.591. The predicted octanol–water partition coefficient (Wildman–Crippen LogP) is 5.25. The van der Waals surface area contributed by atoms with E-state index in [2.05, 4.69) is 10.6 Å². The number of ether oxygens (including phenoxy) is 2. The number of hydrogen-bond donors (Lipinski definition) is 2. The summed E-state index contributed by atoms with van der Waals surface area (Å²) in [6.45, 7) is -0.0000388. The van der Waals surface area contributed by atoms with Crippen molar-refractivity contribution in [1.29, 1.82) is 0 Å². The lowest BCUT2D eigenvalue weighted by Crippen LogP contribution is -2.44. The monoisotopic (exact) mass is 586 g/mol. The first-order valence-corrected chi connectivity index (χ1v) is 14.4. The Kier molecular flexibility index (Phi) is 11.1. The lowest BCUT2D eigenvalue weighted by atomic mass is 9.89. The van der Waals surface area contributed by atoms with Crippen LogP contribution in [0.5, 0.6) is 5.75 Å². The molecule has 1 aliphatic rings. The van der Waals surface area contributed by atoms with Crippen molar-refractivity contribution in [3.8, 4) is 5.75 Å². The summed E-state index contributed by atoms with van der Waals surface area (Å²) in [6.07, 6.45) is 5.42. The lowest BCUT2D eigenvalue weighted by Gasteiger charge is -2.31. The number of carbonyl (C=O) groups is 4. The predicted molar refractivity (Wildman–Crippen MR) is 166 cm³/mol. The summed E-state index contributed by atoms with van der Waals surface area (Å²) < 4.78 is 10.7. The van der Waals surface area contributed by atoms with Gasteiger partial charge in [-0.2, -0.15) is 0 Å². The fourth-order valence-electron chi connectivity index (χ4n) is 5.06. The molecule has 1 fully saturated rings. The molecular formula is C33H38N4O6. The van der Waals surface area contributed by atoms with E-state index in [9.17, 15) is 19.2 Å². The molecule has 3 aromatic rings. The number of anilines is 3. The summed E-state index contributed by atoms with van der Waals surface area (Å²) in [5.74, 6) is -0.350. The van der Waals surface area contributed by atoms with Crippen molar-refractivity contribution in [3.63, 3.8) is 0 Å². The number of amides is 4. The summed E-state index contributed by atoms with van der Waals surface area (Å²) in [5, 5.41) is 5.27. The van der Waals surface area contributed by atoms with Gasteiger partial charge in [0.15, 0.2) is 6.61 Å². The van der Waals surface area contributed by atoms with E-state index in [1.165, 1.54) is 24.5 Å². The molecule has 1 saturated carbocycles. The van der Waals surface area contributed by atoms with Gasteiger partial charge in [-0.25, -0.2) is 9.59 Å². The highest BCUT2D eigenvalue weighted by atomic mass is 16.5. The molecular weight excluding hydrogens is 548 g/mol. The third-order valence-corrected chi connectivity index (χ3v) is 7.43. The summed E-state index contributed by atoms with van der Waals surface area (Å²) in [6, 6.07) is 22.2. The van der Waals surface area contributed by atoms with Crippen LogP contribution in [0.25, 0.3) is 0 Å². The number of methoxy groups -OCH3 is 1. The molecule has 0 spiro atoms. The Hall–Kier alpha value is -4.86. The number of likely N-dealkylation sites (N-methyl/N-ethyl adjacent to an activating group) is 1. The highest BCUT2D eigenvalue weighted by Crippen LogP contribution is 2.32. The Morgan fingerprint density at radius 1 is 0.860 bits per heavy atom. The van der Waals surface area contributed by atoms with Gasteiger partial charge in [-0.15, -0.1) is 0 Å². The van der Waals surface area contributed by atoms with Crippen molar-refractivity contribution < 1.29 is 28.7 Å². The van der Waals surface area contributed by atoms with Crippen LogP contribution in [0.3, 0.4) is 0 Å². The zero-order valence-electron chi connectivity index (χ0n) is 24.6. The summed E-state index contributed by atoms with van der Waals surface area (Å²) in [4.78, 5) is 54.2. The van der Waals surface area contributed by atoms with Gasteiger partial charge < -0.3 is 29.9 Å². The molecule has 4 rings (SSSR count). The van der Waals surface area contributed by atoms with E-state index in [0.717, 1.165) is 31.4 Å². The Morgan fingerprint density at radius 2 is 1.58 bits per heavy atom. The molecule has 0 unspecified atom stereocenters. The van der Waals surface area contributed by atoms with Crippen LogP contribution in [-0.2, 0) is 14.3 Å². The van der Waals surface area contributed by atoms with Gasteiger partial charge in [0, 0.05) is 25.0 Å². The van der Waals surface area contributed by atoms with Crippen LogP contribution in [0.1, 0.15) is 42.5 Å². The van der Waals surface area contributed by atoms with Crippen molar-refractivity contribution in [2.45, 2.75) is 32.1 Å². The average molecular weight is 587 g/mol. The molecule has 0 heterocycles. The largest absolute Gasteiger partial charge is 0.482 e. The van der Waals surface area contributed by atoms with Crippen molar-refractivity contribution in [1.82, 2.24) is 5.32 Å². The van der Waals surface area contributed by atoms with Gasteiger partial charge in [-0.3, -0.25) is 9.59 Å². The van der Waals surface area contributed by atoms with Crippen LogP contribution < -0.4 is 25.2 Å². The van der Waals surface area contributed by atoms with Gasteiger partial charge >= 0.3 is 12.0 Å². The number of rotatable bonds is 11. The van der Waals surface area contributed by atoms with Gasteiger partial charge in [0.25, 0.3) is 5.91 Å².